The Labute approximate surface area is 110 Å². The number of carbonyl (C=O) groups is 1. The van der Waals surface area contributed by atoms with E-state index in [4.69, 9.17) is 9.84 Å². The summed E-state index contributed by atoms with van der Waals surface area (Å²) >= 11 is 0. The van der Waals surface area contributed by atoms with Crippen LogP contribution in [0.15, 0.2) is 42.5 Å². The molecule has 2 aromatic rings. The number of hydrogen-bond donors (Lipinski definition) is 1. The number of benzene rings is 2. The van der Waals surface area contributed by atoms with Gasteiger partial charge >= 0.3 is 0 Å². The zero-order valence-electron chi connectivity index (χ0n) is 10.2. The largest absolute Gasteiger partial charge is 0.485 e. The molecule has 0 saturated heterocycles. The van der Waals surface area contributed by atoms with E-state index in [2.05, 4.69) is 0 Å². The molecule has 0 heterocycles. The predicted molar refractivity (Wildman–Crippen MR) is 68.5 cm³/mol. The van der Waals surface area contributed by atoms with Crippen LogP contribution in [0.1, 0.15) is 21.5 Å². The smallest absolute Gasteiger partial charge is 0.165 e. The van der Waals surface area contributed by atoms with Gasteiger partial charge in [0.1, 0.15) is 6.61 Å². The van der Waals surface area contributed by atoms with Crippen LogP contribution in [0.2, 0.25) is 0 Å². The molecule has 0 fully saturated rings. The molecule has 0 radical (unpaired) electrons. The highest BCUT2D eigenvalue weighted by Gasteiger charge is 2.09. The Kier molecular flexibility index (Phi) is 4.26. The molecule has 19 heavy (non-hydrogen) atoms. The molecule has 3 nitrogen and oxygen atoms in total. The van der Waals surface area contributed by atoms with E-state index >= 15 is 0 Å². The second-order valence-corrected chi connectivity index (χ2v) is 4.04. The maximum absolute atomic E-state index is 13.5. The first-order valence-electron chi connectivity index (χ1n) is 5.79. The monoisotopic (exact) mass is 260 g/mol. The molecule has 2 rings (SSSR count). The first-order valence-corrected chi connectivity index (χ1v) is 5.79. The Morgan fingerprint density at radius 3 is 2.42 bits per heavy atom. The minimum absolute atomic E-state index is 0.0241. The van der Waals surface area contributed by atoms with Crippen LogP contribution >= 0.6 is 0 Å². The Morgan fingerprint density at radius 1 is 1.11 bits per heavy atom. The van der Waals surface area contributed by atoms with Gasteiger partial charge in [-0.15, -0.1) is 0 Å². The Bertz CT molecular complexity index is 564. The van der Waals surface area contributed by atoms with Gasteiger partial charge in [0.2, 0.25) is 0 Å². The van der Waals surface area contributed by atoms with E-state index in [0.29, 0.717) is 6.29 Å². The Morgan fingerprint density at radius 2 is 1.79 bits per heavy atom. The van der Waals surface area contributed by atoms with E-state index in [9.17, 15) is 9.18 Å². The topological polar surface area (TPSA) is 46.5 Å². The molecule has 0 saturated carbocycles. The molecule has 0 aliphatic rings. The molecule has 0 aliphatic carbocycles. The van der Waals surface area contributed by atoms with Gasteiger partial charge in [-0.05, 0) is 23.3 Å². The minimum Gasteiger partial charge on any atom is -0.485 e. The van der Waals surface area contributed by atoms with E-state index in [1.165, 1.54) is 18.2 Å². The van der Waals surface area contributed by atoms with Gasteiger partial charge in [0, 0.05) is 0 Å². The standard InChI is InChI=1S/C15H13FO3/c16-14-3-1-2-13(9-18)15(14)19-10-12-6-4-11(8-17)5-7-12/h1-7,9,17H,8,10H2. The van der Waals surface area contributed by atoms with E-state index in [1.54, 1.807) is 24.3 Å². The fraction of sp³-hybridized carbons (Fsp3) is 0.133. The molecule has 4 heteroatoms. The van der Waals surface area contributed by atoms with Crippen molar-refractivity contribution in [3.05, 3.63) is 65.0 Å². The van der Waals surface area contributed by atoms with Gasteiger partial charge < -0.3 is 9.84 Å². The lowest BCUT2D eigenvalue weighted by Crippen LogP contribution is -2.00. The molecule has 0 bridgehead atoms. The van der Waals surface area contributed by atoms with Crippen molar-refractivity contribution in [1.29, 1.82) is 0 Å². The lowest BCUT2D eigenvalue weighted by Gasteiger charge is -2.09. The summed E-state index contributed by atoms with van der Waals surface area (Å²) in [4.78, 5) is 10.8. The van der Waals surface area contributed by atoms with Crippen molar-refractivity contribution in [2.24, 2.45) is 0 Å². The van der Waals surface area contributed by atoms with E-state index < -0.39 is 5.82 Å². The van der Waals surface area contributed by atoms with Gasteiger partial charge in [0.05, 0.1) is 12.2 Å². The van der Waals surface area contributed by atoms with Gasteiger partial charge in [0.25, 0.3) is 0 Å². The number of aldehydes is 1. The summed E-state index contributed by atoms with van der Waals surface area (Å²) in [6.07, 6.45) is 0.563. The van der Waals surface area contributed by atoms with Crippen molar-refractivity contribution in [2.75, 3.05) is 0 Å². The van der Waals surface area contributed by atoms with Crippen LogP contribution in [0.4, 0.5) is 4.39 Å². The SMILES string of the molecule is O=Cc1cccc(F)c1OCc1ccc(CO)cc1. The number of ether oxygens (including phenoxy) is 1. The van der Waals surface area contributed by atoms with Crippen molar-refractivity contribution in [3.63, 3.8) is 0 Å². The second kappa shape index (κ2) is 6.11. The van der Waals surface area contributed by atoms with Gasteiger partial charge in [-0.1, -0.05) is 30.3 Å². The quantitative estimate of drug-likeness (QED) is 0.841. The molecule has 0 amide bonds. The summed E-state index contributed by atoms with van der Waals surface area (Å²) in [5.74, 6) is -0.597. The zero-order chi connectivity index (χ0) is 13.7. The molecule has 0 aliphatic heterocycles. The number of hydrogen-bond acceptors (Lipinski definition) is 3. The van der Waals surface area contributed by atoms with Crippen molar-refractivity contribution in [2.45, 2.75) is 13.2 Å². The lowest BCUT2D eigenvalue weighted by molar-refractivity contribution is 0.111. The third kappa shape index (κ3) is 3.17. The Balaban J connectivity index is 2.11. The van der Waals surface area contributed by atoms with Crippen LogP contribution < -0.4 is 4.74 Å². The van der Waals surface area contributed by atoms with Crippen LogP contribution in [0.3, 0.4) is 0 Å². The first-order chi connectivity index (χ1) is 9.24. The molecule has 1 N–H and O–H groups in total. The molecule has 2 aromatic carbocycles. The number of rotatable bonds is 5. The van der Waals surface area contributed by atoms with E-state index in [1.807, 2.05) is 0 Å². The van der Waals surface area contributed by atoms with Gasteiger partial charge in [0.15, 0.2) is 17.9 Å². The van der Waals surface area contributed by atoms with Gasteiger partial charge in [-0.25, -0.2) is 4.39 Å². The molecule has 0 atom stereocenters. The predicted octanol–water partition coefficient (Wildman–Crippen LogP) is 2.71. The summed E-state index contributed by atoms with van der Waals surface area (Å²) in [5, 5.41) is 8.92. The average molecular weight is 260 g/mol. The van der Waals surface area contributed by atoms with E-state index in [0.717, 1.165) is 11.1 Å². The highest BCUT2D eigenvalue weighted by Crippen LogP contribution is 2.22. The van der Waals surface area contributed by atoms with Crippen molar-refractivity contribution in [3.8, 4) is 5.75 Å². The van der Waals surface area contributed by atoms with Crippen LogP contribution in [0.25, 0.3) is 0 Å². The summed E-state index contributed by atoms with van der Waals surface area (Å²) in [6.45, 7) is 0.136. The molecule has 0 aromatic heterocycles. The summed E-state index contributed by atoms with van der Waals surface area (Å²) in [5.41, 5.74) is 1.81. The van der Waals surface area contributed by atoms with Gasteiger partial charge in [-0.3, -0.25) is 4.79 Å². The highest BCUT2D eigenvalue weighted by molar-refractivity contribution is 5.79. The molecule has 0 spiro atoms. The van der Waals surface area contributed by atoms with E-state index in [-0.39, 0.29) is 24.5 Å². The van der Waals surface area contributed by atoms with Crippen molar-refractivity contribution >= 4 is 6.29 Å². The number of aliphatic hydroxyl groups excluding tert-OH is 1. The maximum Gasteiger partial charge on any atom is 0.165 e. The highest BCUT2D eigenvalue weighted by atomic mass is 19.1. The minimum atomic E-state index is -0.559. The number of para-hydroxylation sites is 1. The fourth-order valence-corrected chi connectivity index (χ4v) is 1.67. The van der Waals surface area contributed by atoms with Crippen LogP contribution in [0, 0.1) is 5.82 Å². The van der Waals surface area contributed by atoms with Gasteiger partial charge in [-0.2, -0.15) is 0 Å². The number of carbonyl (C=O) groups excluding carboxylic acids is 1. The summed E-state index contributed by atoms with van der Waals surface area (Å²) < 4.78 is 18.9. The molecule has 98 valence electrons. The summed E-state index contributed by atoms with van der Waals surface area (Å²) in [6, 6.07) is 11.3. The fourth-order valence-electron chi connectivity index (χ4n) is 1.67. The van der Waals surface area contributed by atoms with Crippen LogP contribution in [-0.2, 0) is 13.2 Å². The molecule has 0 unspecified atom stereocenters. The zero-order valence-corrected chi connectivity index (χ0v) is 10.2. The normalized spacial score (nSPS) is 10.2. The Hall–Kier alpha value is -2.20. The number of halogens is 1. The second-order valence-electron chi connectivity index (χ2n) is 4.04. The maximum atomic E-state index is 13.5. The van der Waals surface area contributed by atoms with Crippen LogP contribution in [-0.4, -0.2) is 11.4 Å². The lowest BCUT2D eigenvalue weighted by atomic mass is 10.1. The third-order valence-electron chi connectivity index (χ3n) is 2.71. The number of aliphatic hydroxyl groups is 1. The first kappa shape index (κ1) is 13.2. The third-order valence-corrected chi connectivity index (χ3v) is 2.71. The summed E-state index contributed by atoms with van der Waals surface area (Å²) in [7, 11) is 0. The van der Waals surface area contributed by atoms with Crippen LogP contribution in [0.5, 0.6) is 5.75 Å². The average Bonchev–Trinajstić information content (AvgIpc) is 2.46. The molecular weight excluding hydrogens is 247 g/mol. The van der Waals surface area contributed by atoms with Crippen molar-refractivity contribution < 1.29 is 19.0 Å². The molecular formula is C15H13FO3. The van der Waals surface area contributed by atoms with Crippen molar-refractivity contribution in [1.82, 2.24) is 0 Å².